The predicted molar refractivity (Wildman–Crippen MR) is 85.2 cm³/mol. The van der Waals surface area contributed by atoms with E-state index in [4.69, 9.17) is 4.74 Å². The molecule has 1 unspecified atom stereocenters. The smallest absolute Gasteiger partial charge is 0.323 e. The quantitative estimate of drug-likeness (QED) is 0.736. The van der Waals surface area contributed by atoms with E-state index in [1.807, 2.05) is 13.2 Å². The summed E-state index contributed by atoms with van der Waals surface area (Å²) in [4.78, 5) is 11.9. The first-order valence-electron chi connectivity index (χ1n) is 7.55. The molecule has 110 valence electrons. The topological polar surface area (TPSA) is 26.3 Å². The van der Waals surface area contributed by atoms with Gasteiger partial charge in [0, 0.05) is 0 Å². The first-order valence-corrected chi connectivity index (χ1v) is 8.84. The van der Waals surface area contributed by atoms with Crippen LogP contribution in [-0.2, 0) is 9.53 Å². The summed E-state index contributed by atoms with van der Waals surface area (Å²) in [5, 5.41) is -0.199. The van der Waals surface area contributed by atoms with E-state index < -0.39 is 0 Å². The summed E-state index contributed by atoms with van der Waals surface area (Å²) in [6.45, 7) is 2.29. The molecule has 1 aromatic rings. The normalized spacial score (nSPS) is 17.7. The molecule has 0 saturated heterocycles. The molecule has 20 heavy (non-hydrogen) atoms. The molecule has 0 aliphatic heterocycles. The summed E-state index contributed by atoms with van der Waals surface area (Å²) in [5.74, 6) is 0.582. The first kappa shape index (κ1) is 15.4. The zero-order valence-corrected chi connectivity index (χ0v) is 13.2. The van der Waals surface area contributed by atoms with Crippen molar-refractivity contribution < 1.29 is 9.53 Å². The minimum absolute atomic E-state index is 0.134. The Morgan fingerprint density at radius 1 is 1.25 bits per heavy atom. The number of carbonyl (C=O) groups excluding carboxylic acids is 1. The lowest BCUT2D eigenvalue weighted by atomic mass is 9.84. The van der Waals surface area contributed by atoms with Crippen LogP contribution in [0.3, 0.4) is 0 Å². The van der Waals surface area contributed by atoms with Crippen LogP contribution in [0.5, 0.6) is 0 Å². The zero-order valence-electron chi connectivity index (χ0n) is 12.4. The molecular formula is C17H24O2S. The van der Waals surface area contributed by atoms with Crippen molar-refractivity contribution in [1.29, 1.82) is 0 Å². The lowest BCUT2D eigenvalue weighted by molar-refractivity contribution is -0.142. The van der Waals surface area contributed by atoms with Crippen molar-refractivity contribution >= 4 is 17.7 Å². The highest BCUT2D eigenvalue weighted by molar-refractivity contribution is 7.99. The third kappa shape index (κ3) is 3.78. The number of rotatable bonds is 5. The fraction of sp³-hybridized carbons (Fsp3) is 0.588. The number of carbonyl (C=O) groups is 1. The van der Waals surface area contributed by atoms with Gasteiger partial charge in [0.2, 0.25) is 0 Å². The number of hydrogen-bond acceptors (Lipinski definition) is 3. The van der Waals surface area contributed by atoms with Gasteiger partial charge in [-0.1, -0.05) is 43.5 Å². The van der Waals surface area contributed by atoms with Gasteiger partial charge in [0.1, 0.15) is 5.25 Å². The van der Waals surface area contributed by atoms with Crippen LogP contribution in [0.25, 0.3) is 0 Å². The number of esters is 1. The third-order valence-electron chi connectivity index (χ3n) is 4.05. The van der Waals surface area contributed by atoms with Gasteiger partial charge < -0.3 is 4.74 Å². The van der Waals surface area contributed by atoms with Crippen LogP contribution < -0.4 is 0 Å². The average Bonchev–Trinajstić information content (AvgIpc) is 2.50. The summed E-state index contributed by atoms with van der Waals surface area (Å²) in [7, 11) is 0. The summed E-state index contributed by atoms with van der Waals surface area (Å²) in [6, 6.07) is 8.60. The van der Waals surface area contributed by atoms with Crippen LogP contribution >= 0.6 is 11.8 Å². The average molecular weight is 292 g/mol. The van der Waals surface area contributed by atoms with E-state index in [0.29, 0.717) is 12.5 Å². The molecule has 0 spiro atoms. The maximum absolute atomic E-state index is 11.9. The fourth-order valence-electron chi connectivity index (χ4n) is 2.97. The van der Waals surface area contributed by atoms with Crippen molar-refractivity contribution in [1.82, 2.24) is 0 Å². The summed E-state index contributed by atoms with van der Waals surface area (Å²) >= 11 is 1.54. The van der Waals surface area contributed by atoms with Crippen LogP contribution in [0.2, 0.25) is 0 Å². The Labute approximate surface area is 126 Å². The molecule has 0 amide bonds. The van der Waals surface area contributed by atoms with Gasteiger partial charge in [-0.3, -0.25) is 4.79 Å². The van der Waals surface area contributed by atoms with Crippen molar-refractivity contribution in [2.45, 2.75) is 50.2 Å². The highest BCUT2D eigenvalue weighted by atomic mass is 32.2. The monoisotopic (exact) mass is 292 g/mol. The van der Waals surface area contributed by atoms with Crippen molar-refractivity contribution in [2.75, 3.05) is 12.9 Å². The molecule has 1 saturated carbocycles. The second kappa shape index (κ2) is 7.72. The van der Waals surface area contributed by atoms with Crippen molar-refractivity contribution in [3.05, 3.63) is 35.4 Å². The van der Waals surface area contributed by atoms with E-state index in [2.05, 4.69) is 24.3 Å². The number of ether oxygens (including phenoxy) is 1. The van der Waals surface area contributed by atoms with Gasteiger partial charge in [-0.15, -0.1) is 11.8 Å². The molecule has 0 bridgehead atoms. The van der Waals surface area contributed by atoms with Gasteiger partial charge >= 0.3 is 5.97 Å². The molecule has 2 rings (SSSR count). The molecule has 1 atom stereocenters. The largest absolute Gasteiger partial charge is 0.465 e. The number of hydrogen-bond donors (Lipinski definition) is 0. The summed E-state index contributed by atoms with van der Waals surface area (Å²) in [6.07, 6.45) is 8.65. The van der Waals surface area contributed by atoms with Gasteiger partial charge in [-0.2, -0.15) is 0 Å². The third-order valence-corrected chi connectivity index (χ3v) is 4.99. The van der Waals surface area contributed by atoms with E-state index in [1.165, 1.54) is 49.4 Å². The molecule has 0 radical (unpaired) electrons. The highest BCUT2D eigenvalue weighted by Crippen LogP contribution is 2.34. The van der Waals surface area contributed by atoms with E-state index in [-0.39, 0.29) is 11.2 Å². The molecule has 2 nitrogen and oxygen atoms in total. The minimum atomic E-state index is -0.199. The maximum Gasteiger partial charge on any atom is 0.323 e. The second-order valence-electron chi connectivity index (χ2n) is 5.37. The van der Waals surface area contributed by atoms with E-state index >= 15 is 0 Å². The first-order chi connectivity index (χ1) is 9.76. The molecule has 1 aliphatic rings. The Morgan fingerprint density at radius 2 is 1.90 bits per heavy atom. The van der Waals surface area contributed by atoms with Crippen LogP contribution in [0.1, 0.15) is 61.3 Å². The van der Waals surface area contributed by atoms with Crippen molar-refractivity contribution in [2.24, 2.45) is 0 Å². The second-order valence-corrected chi connectivity index (χ2v) is 6.31. The lowest BCUT2D eigenvalue weighted by Crippen LogP contribution is -2.13. The van der Waals surface area contributed by atoms with Crippen LogP contribution in [0.15, 0.2) is 24.3 Å². The number of thioether (sulfide) groups is 1. The lowest BCUT2D eigenvalue weighted by Gasteiger charge is -2.22. The van der Waals surface area contributed by atoms with Crippen molar-refractivity contribution in [3.8, 4) is 0 Å². The summed E-state index contributed by atoms with van der Waals surface area (Å²) < 4.78 is 5.14. The predicted octanol–water partition coefficient (Wildman–Crippen LogP) is 4.70. The van der Waals surface area contributed by atoms with Gasteiger partial charge in [0.05, 0.1) is 6.61 Å². The molecule has 1 aliphatic carbocycles. The molecule has 3 heteroatoms. The highest BCUT2D eigenvalue weighted by Gasteiger charge is 2.21. The molecular weight excluding hydrogens is 268 g/mol. The SMILES string of the molecule is CCOC(=O)C(SC)c1ccc(C2CCCCC2)cc1. The van der Waals surface area contributed by atoms with E-state index in [0.717, 1.165) is 5.56 Å². The number of benzene rings is 1. The zero-order chi connectivity index (χ0) is 14.4. The van der Waals surface area contributed by atoms with Gasteiger partial charge in [-0.25, -0.2) is 0 Å². The molecule has 1 fully saturated rings. The Balaban J connectivity index is 2.07. The van der Waals surface area contributed by atoms with Crippen LogP contribution in [0.4, 0.5) is 0 Å². The van der Waals surface area contributed by atoms with Gasteiger partial charge in [-0.05, 0) is 43.1 Å². The van der Waals surface area contributed by atoms with Crippen LogP contribution in [-0.4, -0.2) is 18.8 Å². The molecule has 1 aromatic carbocycles. The van der Waals surface area contributed by atoms with Crippen molar-refractivity contribution in [3.63, 3.8) is 0 Å². The van der Waals surface area contributed by atoms with Gasteiger partial charge in [0.15, 0.2) is 0 Å². The van der Waals surface area contributed by atoms with E-state index in [1.54, 1.807) is 0 Å². The molecule has 0 N–H and O–H groups in total. The Kier molecular flexibility index (Phi) is 5.96. The fourth-order valence-corrected chi connectivity index (χ4v) is 3.66. The van der Waals surface area contributed by atoms with Crippen LogP contribution in [0, 0.1) is 0 Å². The minimum Gasteiger partial charge on any atom is -0.465 e. The Hall–Kier alpha value is -0.960. The molecule has 0 aromatic heterocycles. The Bertz CT molecular complexity index is 421. The molecule has 0 heterocycles. The van der Waals surface area contributed by atoms with E-state index in [9.17, 15) is 4.79 Å². The summed E-state index contributed by atoms with van der Waals surface area (Å²) in [5.41, 5.74) is 2.48. The Morgan fingerprint density at radius 3 is 2.45 bits per heavy atom. The standard InChI is InChI=1S/C17H24O2S/c1-3-19-17(18)16(20-2)15-11-9-14(10-12-15)13-7-5-4-6-8-13/h9-13,16H,3-8H2,1-2H3. The van der Waals surface area contributed by atoms with Gasteiger partial charge in [0.25, 0.3) is 0 Å². The maximum atomic E-state index is 11.9.